The molecule has 14 N–H and O–H groups in total. The van der Waals surface area contributed by atoms with Crippen molar-refractivity contribution in [3.05, 3.63) is 325 Å². The molecule has 30 nitrogen and oxygen atoms in total. The SMILES string of the molecule is CC(C)Nc1nc2ccccc2cc1Cn1nc(-c2cc(O)cc(F)c2)c2c(N)ncnc21.CCc1ccc(F)cc1-c1nc2ccccc2cc1Cn1nc(-c2cc(O)cc(F)c2)c2c(N)ncnc21.Nc1ncnc2c1c(-c1cc(O)cc(F)c1)nn2Cc1cc2ccccc2nc1-c1ccccc1F.Nc1ncnc2c1c(-c1cc(O)cc(F)c1)nn2Cc1cc2ccccc2nc1NC1CC1. The molecule has 22 aromatic rings. The molecule has 0 radical (unpaired) electrons. The first-order valence-electron chi connectivity index (χ1n) is 44.3. The van der Waals surface area contributed by atoms with E-state index < -0.39 is 29.1 Å². The Morgan fingerprint density at radius 2 is 0.650 bits per heavy atom. The number of phenols is 4. The van der Waals surface area contributed by atoms with Crippen LogP contribution in [0.1, 0.15) is 61.4 Å². The number of para-hydroxylation sites is 4. The fourth-order valence-corrected chi connectivity index (χ4v) is 17.1. The van der Waals surface area contributed by atoms with Crippen LogP contribution in [0.15, 0.2) is 262 Å². The quantitative estimate of drug-likeness (QED) is 0.0336. The van der Waals surface area contributed by atoms with Gasteiger partial charge in [-0.1, -0.05) is 97.9 Å². The van der Waals surface area contributed by atoms with Gasteiger partial charge in [0.15, 0.2) is 22.6 Å². The minimum atomic E-state index is -0.622. The molecular weight excluding hydrogens is 1790 g/mol. The number of nitrogens with two attached hydrogens (primary N) is 4. The number of benzene rings is 10. The molecule has 36 heteroatoms. The van der Waals surface area contributed by atoms with E-state index in [1.807, 2.05) is 130 Å². The third kappa shape index (κ3) is 18.4. The number of hydrogen-bond donors (Lipinski definition) is 10. The highest BCUT2D eigenvalue weighted by atomic mass is 19.1. The normalized spacial score (nSPS) is 12.0. The fraction of sp³-hybridized carbons (Fsp3) is 0.115. The van der Waals surface area contributed by atoms with Gasteiger partial charge in [0.25, 0.3) is 0 Å². The number of halogens is 6. The molecule has 0 spiro atoms. The van der Waals surface area contributed by atoms with E-state index in [0.29, 0.717) is 143 Å². The van der Waals surface area contributed by atoms with Gasteiger partial charge in [-0.05, 0) is 160 Å². The number of phenolic OH excluding ortho intramolecular Hbond substituents is 4. The second-order valence-electron chi connectivity index (χ2n) is 33.8. The van der Waals surface area contributed by atoms with Crippen molar-refractivity contribution < 1.29 is 46.8 Å². The number of anilines is 6. The molecule has 0 atom stereocenters. The average Bonchev–Trinajstić information content (AvgIpc) is 1.45. The predicted molar refractivity (Wildman–Crippen MR) is 526 cm³/mol. The molecule has 1 fully saturated rings. The van der Waals surface area contributed by atoms with Crippen LogP contribution in [0.25, 0.3) is 155 Å². The Kier molecular flexibility index (Phi) is 24.0. The van der Waals surface area contributed by atoms with Crippen molar-refractivity contribution in [3.63, 3.8) is 0 Å². The Morgan fingerprint density at radius 3 is 1.00 bits per heavy atom. The van der Waals surface area contributed by atoms with Crippen LogP contribution in [0.4, 0.5) is 61.2 Å². The van der Waals surface area contributed by atoms with E-state index in [2.05, 4.69) is 67.7 Å². The molecule has 0 bridgehead atoms. The zero-order valence-corrected chi connectivity index (χ0v) is 74.7. The van der Waals surface area contributed by atoms with E-state index in [-0.39, 0.29) is 71.2 Å². The Morgan fingerprint density at radius 1 is 0.329 bits per heavy atom. The van der Waals surface area contributed by atoms with Crippen LogP contribution in [-0.4, -0.2) is 131 Å². The number of fused-ring (bicyclic) bond motifs is 8. The van der Waals surface area contributed by atoms with Crippen LogP contribution < -0.4 is 33.6 Å². The summed E-state index contributed by atoms with van der Waals surface area (Å²) in [5.74, 6) is -1.66. The molecule has 1 aliphatic rings. The summed E-state index contributed by atoms with van der Waals surface area (Å²) in [6, 6.07) is 65.9. The molecule has 12 aromatic heterocycles. The lowest BCUT2D eigenvalue weighted by Crippen LogP contribution is -2.15. The van der Waals surface area contributed by atoms with Gasteiger partial charge in [0.2, 0.25) is 0 Å². The van der Waals surface area contributed by atoms with Crippen LogP contribution >= 0.6 is 0 Å². The number of aromatic hydroxyl groups is 4. The number of rotatable bonds is 19. The first-order chi connectivity index (χ1) is 67.8. The van der Waals surface area contributed by atoms with E-state index in [1.165, 1.54) is 92.0 Å². The lowest BCUT2D eigenvalue weighted by atomic mass is 9.97. The summed E-state index contributed by atoms with van der Waals surface area (Å²) < 4.78 is 92.2. The summed E-state index contributed by atoms with van der Waals surface area (Å²) in [4.78, 5) is 53.3. The monoisotopic (exact) mass is 1870 g/mol. The standard InChI is InChI=1S/C29H22F2N6O.C27H18F2N6O.C24H20FN7O.C24H22FN7O/c1-2-16-7-8-20(30)13-23(16)26-19(9-17-5-3-4-6-24(17)35-26)14-37-29-25(28(32)33-15-34-29)27(36-37)18-10-21(31)12-22(38)11-18;28-18-10-16(11-19(36)12-18)25-23-26(30)31-14-32-27(23)35(34-25)13-17-9-15-5-1-4-8-22(15)33-24(17)20-6-2-3-7-21(20)29;25-16-8-14(9-18(33)10-16)21-20-22(26)27-12-28-24(20)32(31-21)11-15-7-13-3-1-2-4-19(13)30-23(15)29-17-5-6-17;1-13(2)29-23-16(7-14-5-3-4-6-19(14)30-23)11-32-24-20(22(26)27-12-28-24)21(31-32)15-8-17(25)10-18(33)9-15/h3-13,15,38H,2,14H2,1H3,(H2,32,33,34);1-12,14,36H,13H2,(H2,30,31,32);1-4,7-10,12,17,33H,5-6,11H2,(H,29,30)(H2,26,27,28);3-10,12-13,33H,11H2,1-2H3,(H,29,30)(H2,26,27,28). The highest BCUT2D eigenvalue weighted by molar-refractivity contribution is 6.02. The Labute approximate surface area is 791 Å². The van der Waals surface area contributed by atoms with Gasteiger partial charge in [0, 0.05) is 114 Å². The molecule has 140 heavy (non-hydrogen) atoms. The van der Waals surface area contributed by atoms with Crippen molar-refractivity contribution in [1.29, 1.82) is 0 Å². The molecule has 0 saturated heterocycles. The third-order valence-corrected chi connectivity index (χ3v) is 23.5. The Hall–Kier alpha value is -18.4. The minimum absolute atomic E-state index is 0.163. The van der Waals surface area contributed by atoms with Gasteiger partial charge in [-0.25, -0.2) is 105 Å². The van der Waals surface area contributed by atoms with Gasteiger partial charge in [-0.15, -0.1) is 0 Å². The second kappa shape index (κ2) is 37.5. The molecule has 12 heterocycles. The summed E-state index contributed by atoms with van der Waals surface area (Å²) in [6.07, 6.45) is 8.35. The Balaban J connectivity index is 0.000000115. The molecule has 0 aliphatic heterocycles. The van der Waals surface area contributed by atoms with Gasteiger partial charge in [0.1, 0.15) is 141 Å². The molecule has 10 aromatic carbocycles. The van der Waals surface area contributed by atoms with Crippen LogP contribution in [0, 0.1) is 34.9 Å². The zero-order valence-electron chi connectivity index (χ0n) is 74.7. The van der Waals surface area contributed by atoms with E-state index in [1.54, 1.807) is 43.0 Å². The van der Waals surface area contributed by atoms with E-state index in [0.717, 1.165) is 115 Å². The van der Waals surface area contributed by atoms with Gasteiger partial charge in [-0.2, -0.15) is 20.4 Å². The summed E-state index contributed by atoms with van der Waals surface area (Å²) in [5, 5.41) is 71.2. The lowest BCUT2D eigenvalue weighted by Gasteiger charge is -2.15. The molecule has 1 aliphatic carbocycles. The van der Waals surface area contributed by atoms with Crippen LogP contribution in [0.3, 0.4) is 0 Å². The number of aryl methyl sites for hydroxylation is 1. The van der Waals surface area contributed by atoms with Gasteiger partial charge < -0.3 is 54.0 Å². The van der Waals surface area contributed by atoms with Gasteiger partial charge >= 0.3 is 0 Å². The molecular formula is C104H82F6N26O4. The first kappa shape index (κ1) is 89.5. The maximum Gasteiger partial charge on any atom is 0.164 e. The molecule has 23 rings (SSSR count). The molecule has 0 unspecified atom stereocenters. The number of aromatic nitrogens is 20. The number of hydrogen-bond acceptors (Lipinski definition) is 26. The molecule has 0 amide bonds. The number of nitrogens with zero attached hydrogens (tertiary/aromatic N) is 20. The van der Waals surface area contributed by atoms with Crippen LogP contribution in [-0.2, 0) is 32.6 Å². The molecule has 1 saturated carbocycles. The average molecular weight is 1870 g/mol. The van der Waals surface area contributed by atoms with Crippen molar-refractivity contribution in [3.8, 4) is 90.5 Å². The van der Waals surface area contributed by atoms with Crippen LogP contribution in [0.2, 0.25) is 0 Å². The van der Waals surface area contributed by atoms with Crippen LogP contribution in [0.5, 0.6) is 23.0 Å². The van der Waals surface area contributed by atoms with Crippen molar-refractivity contribution in [2.45, 2.75) is 78.3 Å². The smallest absolute Gasteiger partial charge is 0.164 e. The molecule has 694 valence electrons. The first-order valence-corrected chi connectivity index (χ1v) is 44.3. The zero-order chi connectivity index (χ0) is 96.8. The summed E-state index contributed by atoms with van der Waals surface area (Å²) in [5.41, 5.74) is 39.3. The fourth-order valence-electron chi connectivity index (χ4n) is 17.1. The van der Waals surface area contributed by atoms with Gasteiger partial charge in [0.05, 0.1) is 81.2 Å². The lowest BCUT2D eigenvalue weighted by molar-refractivity contribution is 0.468. The highest BCUT2D eigenvalue weighted by Crippen LogP contribution is 2.42. The van der Waals surface area contributed by atoms with Crippen molar-refractivity contribution >= 4 is 123 Å². The van der Waals surface area contributed by atoms with Gasteiger partial charge in [-0.3, -0.25) is 0 Å². The van der Waals surface area contributed by atoms with Crippen molar-refractivity contribution in [2.75, 3.05) is 33.6 Å². The maximum atomic E-state index is 14.8. The third-order valence-electron chi connectivity index (χ3n) is 23.5. The Bertz CT molecular complexity index is 8330. The van der Waals surface area contributed by atoms with Crippen molar-refractivity contribution in [2.24, 2.45) is 0 Å². The van der Waals surface area contributed by atoms with E-state index in [9.17, 15) is 46.8 Å². The second-order valence-corrected chi connectivity index (χ2v) is 33.8. The summed E-state index contributed by atoms with van der Waals surface area (Å²) >= 11 is 0. The van der Waals surface area contributed by atoms with Crippen molar-refractivity contribution in [1.82, 2.24) is 98.9 Å². The minimum Gasteiger partial charge on any atom is -0.508 e. The number of nitrogens with one attached hydrogen (secondary N) is 2. The van der Waals surface area contributed by atoms with E-state index in [4.69, 9.17) is 58.2 Å². The number of pyridine rings is 4. The predicted octanol–water partition coefficient (Wildman–Crippen LogP) is 19.6. The number of nitrogen functional groups attached to an aromatic ring is 4. The van der Waals surface area contributed by atoms with E-state index >= 15 is 0 Å². The highest BCUT2D eigenvalue weighted by Gasteiger charge is 2.29. The maximum absolute atomic E-state index is 14.8. The summed E-state index contributed by atoms with van der Waals surface area (Å²) in [6.45, 7) is 7.23. The topological polar surface area (TPSA) is 435 Å². The summed E-state index contributed by atoms with van der Waals surface area (Å²) in [7, 11) is 0. The largest absolute Gasteiger partial charge is 0.508 e.